The molecule has 3 heterocycles. The lowest BCUT2D eigenvalue weighted by Gasteiger charge is -2.39. The van der Waals surface area contributed by atoms with E-state index in [9.17, 15) is 4.79 Å². The van der Waals surface area contributed by atoms with Gasteiger partial charge in [0.05, 0.1) is 11.7 Å². The molecule has 0 aliphatic carbocycles. The molecular weight excluding hydrogens is 338 g/mol. The van der Waals surface area contributed by atoms with Gasteiger partial charge < -0.3 is 10.1 Å². The van der Waals surface area contributed by atoms with Crippen molar-refractivity contribution in [2.45, 2.75) is 64.1 Å². The van der Waals surface area contributed by atoms with E-state index in [1.165, 1.54) is 5.57 Å². The first kappa shape index (κ1) is 20.0. The topological polar surface area (TPSA) is 54.5 Å². The molecule has 0 radical (unpaired) electrons. The van der Waals surface area contributed by atoms with E-state index >= 15 is 0 Å². The minimum absolute atomic E-state index is 0.0482. The number of ether oxygens (including phenoxy) is 1. The van der Waals surface area contributed by atoms with Crippen LogP contribution in [0.1, 0.15) is 51.5 Å². The van der Waals surface area contributed by atoms with Crippen LogP contribution in [0.3, 0.4) is 0 Å². The van der Waals surface area contributed by atoms with Crippen molar-refractivity contribution < 1.29 is 9.53 Å². The van der Waals surface area contributed by atoms with Gasteiger partial charge in [-0.25, -0.2) is 0 Å². The van der Waals surface area contributed by atoms with Gasteiger partial charge in [-0.3, -0.25) is 14.7 Å². The predicted octanol–water partition coefficient (Wildman–Crippen LogP) is 3.11. The normalized spacial score (nSPS) is 21.9. The van der Waals surface area contributed by atoms with Crippen molar-refractivity contribution >= 4 is 5.91 Å². The SMILES string of the molecule is CC(C)=CCN1CCC2(CCC(CNC(=O)CCc3cccnc3)O2)CC1. The fourth-order valence-corrected chi connectivity index (χ4v) is 3.98. The van der Waals surface area contributed by atoms with Gasteiger partial charge in [0, 0.05) is 45.0 Å². The van der Waals surface area contributed by atoms with Gasteiger partial charge in [0.2, 0.25) is 5.91 Å². The number of likely N-dealkylation sites (tertiary alicyclic amines) is 1. The van der Waals surface area contributed by atoms with E-state index in [-0.39, 0.29) is 17.6 Å². The zero-order chi connectivity index (χ0) is 19.1. The molecule has 27 heavy (non-hydrogen) atoms. The molecule has 2 fully saturated rings. The van der Waals surface area contributed by atoms with Crippen molar-refractivity contribution in [3.63, 3.8) is 0 Å². The van der Waals surface area contributed by atoms with E-state index < -0.39 is 0 Å². The number of allylic oxidation sites excluding steroid dienone is 1. The average molecular weight is 372 g/mol. The zero-order valence-corrected chi connectivity index (χ0v) is 16.7. The fourth-order valence-electron chi connectivity index (χ4n) is 3.98. The Morgan fingerprint density at radius 2 is 2.19 bits per heavy atom. The average Bonchev–Trinajstić information content (AvgIpc) is 3.08. The van der Waals surface area contributed by atoms with Gasteiger partial charge >= 0.3 is 0 Å². The number of nitrogens with one attached hydrogen (secondary N) is 1. The van der Waals surface area contributed by atoms with Gasteiger partial charge in [0.1, 0.15) is 0 Å². The van der Waals surface area contributed by atoms with Gasteiger partial charge in [-0.1, -0.05) is 17.7 Å². The zero-order valence-electron chi connectivity index (χ0n) is 16.7. The number of aryl methyl sites for hydroxylation is 1. The molecular formula is C22H33N3O2. The Balaban J connectivity index is 1.35. The highest BCUT2D eigenvalue weighted by atomic mass is 16.5. The van der Waals surface area contributed by atoms with Gasteiger partial charge in [-0.2, -0.15) is 0 Å². The van der Waals surface area contributed by atoms with Crippen molar-refractivity contribution in [3.05, 3.63) is 41.7 Å². The molecule has 1 unspecified atom stereocenters. The predicted molar refractivity (Wildman–Crippen MR) is 108 cm³/mol. The van der Waals surface area contributed by atoms with Gasteiger partial charge in [-0.15, -0.1) is 0 Å². The van der Waals surface area contributed by atoms with E-state index in [2.05, 4.69) is 35.1 Å². The first-order valence-electron chi connectivity index (χ1n) is 10.2. The summed E-state index contributed by atoms with van der Waals surface area (Å²) >= 11 is 0. The molecule has 2 aliphatic heterocycles. The third-order valence-electron chi connectivity index (χ3n) is 5.75. The molecule has 1 aromatic rings. The molecule has 2 aliphatic rings. The second-order valence-corrected chi connectivity index (χ2v) is 8.21. The molecule has 1 atom stereocenters. The molecule has 2 saturated heterocycles. The number of hydrogen-bond donors (Lipinski definition) is 1. The van der Waals surface area contributed by atoms with E-state index in [1.807, 2.05) is 18.3 Å². The minimum atomic E-state index is 0.0482. The molecule has 0 saturated carbocycles. The van der Waals surface area contributed by atoms with Crippen LogP contribution in [0.15, 0.2) is 36.2 Å². The number of piperidine rings is 1. The summed E-state index contributed by atoms with van der Waals surface area (Å²) in [6.07, 6.45) is 11.7. The monoisotopic (exact) mass is 371 g/mol. The summed E-state index contributed by atoms with van der Waals surface area (Å²) in [4.78, 5) is 18.7. The van der Waals surface area contributed by atoms with Gasteiger partial charge in [-0.05, 0) is 57.6 Å². The number of hydrogen-bond acceptors (Lipinski definition) is 4. The lowest BCUT2D eigenvalue weighted by molar-refractivity contribution is -0.122. The Morgan fingerprint density at radius 1 is 1.37 bits per heavy atom. The van der Waals surface area contributed by atoms with E-state index in [0.717, 1.165) is 57.3 Å². The van der Waals surface area contributed by atoms with Crippen LogP contribution >= 0.6 is 0 Å². The molecule has 0 aromatic carbocycles. The smallest absolute Gasteiger partial charge is 0.220 e. The Morgan fingerprint density at radius 3 is 2.89 bits per heavy atom. The van der Waals surface area contributed by atoms with E-state index in [1.54, 1.807) is 6.20 Å². The first-order chi connectivity index (χ1) is 13.0. The highest BCUT2D eigenvalue weighted by Gasteiger charge is 2.42. The maximum Gasteiger partial charge on any atom is 0.220 e. The van der Waals surface area contributed by atoms with Crippen LogP contribution in [0.25, 0.3) is 0 Å². The van der Waals surface area contributed by atoms with Crippen LogP contribution in [0, 0.1) is 0 Å². The van der Waals surface area contributed by atoms with Crippen molar-refractivity contribution in [3.8, 4) is 0 Å². The minimum Gasteiger partial charge on any atom is -0.370 e. The second kappa shape index (κ2) is 9.47. The number of rotatable bonds is 7. The van der Waals surface area contributed by atoms with Crippen LogP contribution in [0.5, 0.6) is 0 Å². The second-order valence-electron chi connectivity index (χ2n) is 8.21. The number of aromatic nitrogens is 1. The molecule has 148 valence electrons. The van der Waals surface area contributed by atoms with Crippen LogP contribution in [-0.2, 0) is 16.0 Å². The van der Waals surface area contributed by atoms with Crippen molar-refractivity contribution in [1.82, 2.24) is 15.2 Å². The summed E-state index contributed by atoms with van der Waals surface area (Å²) in [5.74, 6) is 0.0972. The summed E-state index contributed by atoms with van der Waals surface area (Å²) in [5.41, 5.74) is 2.53. The standard InChI is InChI=1S/C22H33N3O2/c1-18(2)8-13-25-14-10-22(11-15-25)9-7-20(27-22)17-24-21(26)6-5-19-4-3-12-23-16-19/h3-4,8,12,16,20H,5-7,9-11,13-15,17H2,1-2H3,(H,24,26). The van der Waals surface area contributed by atoms with Gasteiger partial charge in [0.15, 0.2) is 0 Å². The maximum atomic E-state index is 12.1. The third kappa shape index (κ3) is 6.15. The third-order valence-corrected chi connectivity index (χ3v) is 5.75. The fraction of sp³-hybridized carbons (Fsp3) is 0.636. The van der Waals surface area contributed by atoms with E-state index in [4.69, 9.17) is 4.74 Å². The van der Waals surface area contributed by atoms with Gasteiger partial charge in [0.25, 0.3) is 0 Å². The van der Waals surface area contributed by atoms with Crippen molar-refractivity contribution in [2.75, 3.05) is 26.2 Å². The summed E-state index contributed by atoms with van der Waals surface area (Å²) < 4.78 is 6.41. The van der Waals surface area contributed by atoms with Crippen LogP contribution in [0.2, 0.25) is 0 Å². The number of amides is 1. The molecule has 5 heteroatoms. The number of carbonyl (C=O) groups is 1. The summed E-state index contributed by atoms with van der Waals surface area (Å²) in [6, 6.07) is 3.91. The molecule has 0 bridgehead atoms. The molecule has 1 spiro atoms. The number of carbonyl (C=O) groups excluding carboxylic acids is 1. The molecule has 1 N–H and O–H groups in total. The quantitative estimate of drug-likeness (QED) is 0.748. The lowest BCUT2D eigenvalue weighted by atomic mass is 9.88. The van der Waals surface area contributed by atoms with Crippen molar-refractivity contribution in [1.29, 1.82) is 0 Å². The maximum absolute atomic E-state index is 12.1. The largest absolute Gasteiger partial charge is 0.370 e. The Kier molecular flexibility index (Phi) is 7.02. The highest BCUT2D eigenvalue weighted by molar-refractivity contribution is 5.76. The van der Waals surface area contributed by atoms with E-state index in [0.29, 0.717) is 13.0 Å². The van der Waals surface area contributed by atoms with Crippen LogP contribution < -0.4 is 5.32 Å². The number of pyridine rings is 1. The van der Waals surface area contributed by atoms with Crippen LogP contribution in [-0.4, -0.2) is 53.7 Å². The Hall–Kier alpha value is -1.72. The van der Waals surface area contributed by atoms with Crippen molar-refractivity contribution in [2.24, 2.45) is 0 Å². The summed E-state index contributed by atoms with van der Waals surface area (Å²) in [7, 11) is 0. The first-order valence-corrected chi connectivity index (χ1v) is 10.2. The molecule has 3 rings (SSSR count). The summed E-state index contributed by atoms with van der Waals surface area (Å²) in [6.45, 7) is 8.20. The van der Waals surface area contributed by atoms with Crippen LogP contribution in [0.4, 0.5) is 0 Å². The Labute approximate surface area is 163 Å². The molecule has 1 amide bonds. The Bertz CT molecular complexity index is 632. The number of nitrogens with zero attached hydrogens (tertiary/aromatic N) is 2. The summed E-state index contributed by atoms with van der Waals surface area (Å²) in [5, 5.41) is 3.06. The molecule has 1 aromatic heterocycles. The lowest BCUT2D eigenvalue weighted by Crippen LogP contribution is -2.45. The highest BCUT2D eigenvalue weighted by Crippen LogP contribution is 2.38. The molecule has 5 nitrogen and oxygen atoms in total.